The Morgan fingerprint density at radius 1 is 1.56 bits per heavy atom. The van der Waals surface area contributed by atoms with Crippen molar-refractivity contribution >= 4 is 0 Å². The van der Waals surface area contributed by atoms with E-state index in [1.807, 2.05) is 6.92 Å². The van der Waals surface area contributed by atoms with Gasteiger partial charge in [-0.05, 0) is 13.8 Å². The first-order valence-electron chi connectivity index (χ1n) is 3.02. The fraction of sp³-hybridized carbons (Fsp3) is 1.00. The number of hydrogen-bond donors (Lipinski definition) is 0. The van der Waals surface area contributed by atoms with Gasteiger partial charge in [0.1, 0.15) is 6.10 Å². The van der Waals surface area contributed by atoms with Crippen molar-refractivity contribution in [2.24, 2.45) is 0 Å². The van der Waals surface area contributed by atoms with E-state index in [1.165, 1.54) is 14.0 Å². The van der Waals surface area contributed by atoms with E-state index in [-0.39, 0.29) is 0 Å². The van der Waals surface area contributed by atoms with Crippen LogP contribution in [0.4, 0.5) is 0 Å². The maximum absolute atomic E-state index is 10.6. The Bertz CT molecular complexity index is 63.3. The van der Waals surface area contributed by atoms with E-state index < -0.39 is 12.4 Å². The van der Waals surface area contributed by atoms with Crippen molar-refractivity contribution in [3.63, 3.8) is 0 Å². The molecule has 0 aromatic carbocycles. The minimum atomic E-state index is -0.810. The summed E-state index contributed by atoms with van der Waals surface area (Å²) in [7, 11) is 1.47. The predicted molar refractivity (Wildman–Crippen MR) is 32.6 cm³/mol. The Morgan fingerprint density at radius 3 is 2.22 bits per heavy atom. The summed E-state index contributed by atoms with van der Waals surface area (Å²) in [6.07, 6.45) is -1.40. The van der Waals surface area contributed by atoms with Crippen LogP contribution in [0.15, 0.2) is 0 Å². The molecule has 0 saturated heterocycles. The molecule has 0 rings (SSSR count). The third-order valence-corrected chi connectivity index (χ3v) is 0.947. The Kier molecular flexibility index (Phi) is 4.67. The van der Waals surface area contributed by atoms with Crippen LogP contribution in [0.3, 0.4) is 0 Å². The monoisotopic (exact) mass is 133 g/mol. The van der Waals surface area contributed by atoms with Crippen LogP contribution in [0.1, 0.15) is 13.8 Å². The van der Waals surface area contributed by atoms with Crippen LogP contribution in [-0.2, 0) is 14.6 Å². The van der Waals surface area contributed by atoms with Crippen molar-refractivity contribution in [3.8, 4) is 0 Å². The van der Waals surface area contributed by atoms with Crippen molar-refractivity contribution in [2.75, 3.05) is 13.7 Å². The molecule has 0 aromatic heterocycles. The number of ether oxygens (including phenoxy) is 2. The highest BCUT2D eigenvalue weighted by molar-refractivity contribution is 4.49. The van der Waals surface area contributed by atoms with Crippen molar-refractivity contribution in [1.82, 2.24) is 0 Å². The zero-order valence-corrected chi connectivity index (χ0v) is 6.09. The topological polar surface area (TPSA) is 38.4 Å². The quantitative estimate of drug-likeness (QED) is 0.532. The standard InChI is InChI=1S/C6H13O3/c1-4-9-6(8-3)5(2)7/h5-6H,4H2,1-3H3. The molecule has 0 fully saturated rings. The Balaban J connectivity index is 3.41. The smallest absolute Gasteiger partial charge is 0.186 e. The summed E-state index contributed by atoms with van der Waals surface area (Å²) in [5.41, 5.74) is 0. The summed E-state index contributed by atoms with van der Waals surface area (Å²) >= 11 is 0. The van der Waals surface area contributed by atoms with Crippen LogP contribution in [0.2, 0.25) is 0 Å². The van der Waals surface area contributed by atoms with Crippen molar-refractivity contribution in [1.29, 1.82) is 0 Å². The second-order valence-electron chi connectivity index (χ2n) is 1.76. The van der Waals surface area contributed by atoms with Crippen molar-refractivity contribution < 1.29 is 14.6 Å². The molecule has 55 valence electrons. The molecule has 3 heteroatoms. The Morgan fingerprint density at radius 2 is 2.11 bits per heavy atom. The largest absolute Gasteiger partial charge is 0.353 e. The highest BCUT2D eigenvalue weighted by Gasteiger charge is 2.13. The van der Waals surface area contributed by atoms with E-state index in [0.29, 0.717) is 6.61 Å². The third-order valence-electron chi connectivity index (χ3n) is 0.947. The zero-order valence-electron chi connectivity index (χ0n) is 6.09. The van der Waals surface area contributed by atoms with E-state index in [2.05, 4.69) is 0 Å². The molecular formula is C6H13O3. The molecule has 2 unspecified atom stereocenters. The van der Waals surface area contributed by atoms with Crippen LogP contribution in [-0.4, -0.2) is 26.1 Å². The van der Waals surface area contributed by atoms with Crippen molar-refractivity contribution in [2.45, 2.75) is 26.2 Å². The van der Waals surface area contributed by atoms with Gasteiger partial charge in [0.15, 0.2) is 6.29 Å². The first-order chi connectivity index (χ1) is 4.22. The summed E-state index contributed by atoms with van der Waals surface area (Å²) in [5, 5.41) is 10.6. The average molecular weight is 133 g/mol. The van der Waals surface area contributed by atoms with Gasteiger partial charge < -0.3 is 9.47 Å². The molecule has 2 atom stereocenters. The SMILES string of the molecule is CCOC(OC)C(C)[O]. The van der Waals surface area contributed by atoms with Gasteiger partial charge in [-0.1, -0.05) is 0 Å². The Hall–Kier alpha value is -0.120. The Labute approximate surface area is 55.6 Å². The molecular weight excluding hydrogens is 120 g/mol. The lowest BCUT2D eigenvalue weighted by Crippen LogP contribution is -2.26. The normalized spacial score (nSPS) is 17.3. The van der Waals surface area contributed by atoms with Gasteiger partial charge in [0.25, 0.3) is 0 Å². The first kappa shape index (κ1) is 8.88. The van der Waals surface area contributed by atoms with Crippen LogP contribution in [0.25, 0.3) is 0 Å². The van der Waals surface area contributed by atoms with Gasteiger partial charge in [-0.3, -0.25) is 0 Å². The fourth-order valence-electron chi connectivity index (χ4n) is 0.559. The summed E-state index contributed by atoms with van der Waals surface area (Å²) in [6.45, 7) is 3.86. The number of methoxy groups -OCH3 is 1. The molecule has 0 amide bonds. The average Bonchev–Trinajstić information content (AvgIpc) is 1.82. The molecule has 1 radical (unpaired) electrons. The summed E-state index contributed by atoms with van der Waals surface area (Å²) < 4.78 is 9.64. The molecule has 0 aliphatic rings. The minimum Gasteiger partial charge on any atom is -0.353 e. The van der Waals surface area contributed by atoms with E-state index >= 15 is 0 Å². The molecule has 0 aliphatic carbocycles. The highest BCUT2D eigenvalue weighted by Crippen LogP contribution is 1.98. The summed E-state index contributed by atoms with van der Waals surface area (Å²) in [4.78, 5) is 0. The van der Waals surface area contributed by atoms with Gasteiger partial charge in [-0.15, -0.1) is 0 Å². The summed E-state index contributed by atoms with van der Waals surface area (Å²) in [6, 6.07) is 0. The second-order valence-corrected chi connectivity index (χ2v) is 1.76. The zero-order chi connectivity index (χ0) is 7.28. The van der Waals surface area contributed by atoms with Gasteiger partial charge in [0.2, 0.25) is 0 Å². The van der Waals surface area contributed by atoms with Gasteiger partial charge in [-0.25, -0.2) is 5.11 Å². The lowest BCUT2D eigenvalue weighted by molar-refractivity contribution is -0.186. The number of hydrogen-bond acceptors (Lipinski definition) is 2. The maximum Gasteiger partial charge on any atom is 0.186 e. The lowest BCUT2D eigenvalue weighted by Gasteiger charge is -2.15. The molecule has 0 spiro atoms. The second kappa shape index (κ2) is 4.73. The molecule has 0 bridgehead atoms. The van der Waals surface area contributed by atoms with Gasteiger partial charge >= 0.3 is 0 Å². The van der Waals surface area contributed by atoms with Gasteiger partial charge in [0, 0.05) is 13.7 Å². The lowest BCUT2D eigenvalue weighted by atomic mass is 10.4. The van der Waals surface area contributed by atoms with Crippen LogP contribution in [0.5, 0.6) is 0 Å². The first-order valence-corrected chi connectivity index (χ1v) is 3.02. The molecule has 0 aliphatic heterocycles. The van der Waals surface area contributed by atoms with Gasteiger partial charge in [-0.2, -0.15) is 0 Å². The van der Waals surface area contributed by atoms with E-state index in [0.717, 1.165) is 0 Å². The molecule has 3 nitrogen and oxygen atoms in total. The van der Waals surface area contributed by atoms with Gasteiger partial charge in [0.05, 0.1) is 0 Å². The minimum absolute atomic E-state index is 0.519. The maximum atomic E-state index is 10.6. The summed E-state index contributed by atoms with van der Waals surface area (Å²) in [5.74, 6) is 0. The van der Waals surface area contributed by atoms with Crippen LogP contribution >= 0.6 is 0 Å². The molecule has 0 N–H and O–H groups in total. The third kappa shape index (κ3) is 3.46. The molecule has 0 saturated carbocycles. The predicted octanol–water partition coefficient (Wildman–Crippen LogP) is 0.814. The van der Waals surface area contributed by atoms with Crippen LogP contribution in [0, 0.1) is 0 Å². The highest BCUT2D eigenvalue weighted by atomic mass is 16.7. The van der Waals surface area contributed by atoms with Crippen molar-refractivity contribution in [3.05, 3.63) is 0 Å². The van der Waals surface area contributed by atoms with Crippen LogP contribution < -0.4 is 0 Å². The van der Waals surface area contributed by atoms with E-state index in [1.54, 1.807) is 0 Å². The van der Waals surface area contributed by atoms with E-state index in [9.17, 15) is 5.11 Å². The molecule has 0 aromatic rings. The molecule has 0 heterocycles. The number of rotatable bonds is 4. The fourth-order valence-corrected chi connectivity index (χ4v) is 0.559. The molecule has 9 heavy (non-hydrogen) atoms. The van der Waals surface area contributed by atoms with E-state index in [4.69, 9.17) is 9.47 Å².